The Balaban J connectivity index is 1.94. The molecule has 0 aliphatic heterocycles. The molecule has 0 fully saturated rings. The molecule has 6 nitrogen and oxygen atoms in total. The molecular weight excluding hydrogens is 416 g/mol. The normalized spacial score (nSPS) is 10.6. The molecule has 0 spiro atoms. The molecule has 0 amide bonds. The van der Waals surface area contributed by atoms with Crippen LogP contribution in [-0.4, -0.2) is 28.0 Å². The number of oxazole rings is 1. The van der Waals surface area contributed by atoms with Gasteiger partial charge < -0.3 is 9.15 Å². The van der Waals surface area contributed by atoms with Crippen LogP contribution in [0, 0.1) is 9.58 Å². The van der Waals surface area contributed by atoms with Crippen molar-refractivity contribution in [1.82, 2.24) is 15.0 Å². The van der Waals surface area contributed by atoms with Crippen LogP contribution >= 0.6 is 22.6 Å². The maximum atomic E-state index is 13.0. The number of halogens is 2. The Hall–Kier alpha value is -2.36. The van der Waals surface area contributed by atoms with Crippen molar-refractivity contribution in [3.8, 4) is 22.8 Å². The van der Waals surface area contributed by atoms with E-state index in [1.165, 1.54) is 31.6 Å². The summed E-state index contributed by atoms with van der Waals surface area (Å²) in [5.74, 6) is -0.548. The lowest BCUT2D eigenvalue weighted by Crippen LogP contribution is -2.05. The van der Waals surface area contributed by atoms with Crippen LogP contribution in [0.1, 0.15) is 10.5 Å². The second-order valence-electron chi connectivity index (χ2n) is 4.43. The number of hydrogen-bond acceptors (Lipinski definition) is 6. The Morgan fingerprint density at radius 3 is 2.57 bits per heavy atom. The molecule has 8 heteroatoms. The number of methoxy groups -OCH3 is 1. The van der Waals surface area contributed by atoms with Gasteiger partial charge in [-0.2, -0.15) is 0 Å². The summed E-state index contributed by atoms with van der Waals surface area (Å²) >= 11 is 1.98. The van der Waals surface area contributed by atoms with E-state index in [9.17, 15) is 9.18 Å². The minimum Gasteiger partial charge on any atom is -0.464 e. The van der Waals surface area contributed by atoms with Gasteiger partial charge in [-0.05, 0) is 24.3 Å². The van der Waals surface area contributed by atoms with Crippen molar-refractivity contribution in [2.75, 3.05) is 7.11 Å². The number of rotatable bonds is 3. The fraction of sp³-hybridized carbons (Fsp3) is 0.0667. The molecule has 2 aromatic heterocycles. The molecule has 0 aliphatic rings. The average Bonchev–Trinajstić information content (AvgIpc) is 2.96. The van der Waals surface area contributed by atoms with Crippen molar-refractivity contribution >= 4 is 28.6 Å². The minimum atomic E-state index is -0.564. The van der Waals surface area contributed by atoms with E-state index in [0.717, 1.165) is 0 Å². The molecule has 0 aliphatic carbocycles. The molecule has 0 bridgehead atoms. The summed E-state index contributed by atoms with van der Waals surface area (Å²) in [6.07, 6.45) is 2.73. The molecule has 0 N–H and O–H groups in total. The van der Waals surface area contributed by atoms with E-state index in [1.54, 1.807) is 12.1 Å². The number of nitrogens with zero attached hydrogens (tertiary/aromatic N) is 3. The number of benzene rings is 1. The summed E-state index contributed by atoms with van der Waals surface area (Å²) in [5, 5.41) is 0. The Morgan fingerprint density at radius 2 is 1.96 bits per heavy atom. The van der Waals surface area contributed by atoms with E-state index in [1.807, 2.05) is 22.6 Å². The summed E-state index contributed by atoms with van der Waals surface area (Å²) < 4.78 is 23.6. The van der Waals surface area contributed by atoms with Gasteiger partial charge in [0.05, 0.1) is 19.5 Å². The molecule has 116 valence electrons. The molecule has 1 aromatic carbocycles. The standard InChI is InChI=1S/C15H9FIN3O3/c1-22-15(21)11-7-18-10(6-19-11)12-13(17)23-14(20-12)8-2-4-9(16)5-3-8/h2-7H,1H3. The number of ether oxygens (including phenoxy) is 1. The number of esters is 1. The predicted molar refractivity (Wildman–Crippen MR) is 87.0 cm³/mol. The van der Waals surface area contributed by atoms with Crippen LogP contribution < -0.4 is 0 Å². The van der Waals surface area contributed by atoms with Crippen LogP contribution in [0.5, 0.6) is 0 Å². The van der Waals surface area contributed by atoms with Crippen LogP contribution in [0.15, 0.2) is 41.1 Å². The third kappa shape index (κ3) is 3.21. The van der Waals surface area contributed by atoms with Crippen molar-refractivity contribution in [1.29, 1.82) is 0 Å². The minimum absolute atomic E-state index is 0.105. The lowest BCUT2D eigenvalue weighted by Gasteiger charge is -1.99. The summed E-state index contributed by atoms with van der Waals surface area (Å²) in [5.41, 5.74) is 1.70. The van der Waals surface area contributed by atoms with Crippen molar-refractivity contribution in [3.05, 3.63) is 51.9 Å². The van der Waals surface area contributed by atoms with E-state index in [0.29, 0.717) is 26.6 Å². The molecule has 0 atom stereocenters. The number of carbonyl (C=O) groups is 1. The van der Waals surface area contributed by atoms with Crippen LogP contribution in [0.2, 0.25) is 0 Å². The van der Waals surface area contributed by atoms with E-state index < -0.39 is 5.97 Å². The molecule has 3 aromatic rings. The first-order valence-electron chi connectivity index (χ1n) is 6.41. The SMILES string of the molecule is COC(=O)c1cnc(-c2nc(-c3ccc(F)cc3)oc2I)cn1. The van der Waals surface area contributed by atoms with Crippen molar-refractivity contribution in [3.63, 3.8) is 0 Å². The first-order valence-corrected chi connectivity index (χ1v) is 7.49. The van der Waals surface area contributed by atoms with Gasteiger partial charge in [-0.3, -0.25) is 4.98 Å². The fourth-order valence-corrected chi connectivity index (χ4v) is 2.44. The lowest BCUT2D eigenvalue weighted by atomic mass is 10.2. The molecule has 0 radical (unpaired) electrons. The summed E-state index contributed by atoms with van der Waals surface area (Å²) in [6.45, 7) is 0. The Labute approximate surface area is 143 Å². The average molecular weight is 425 g/mol. The maximum absolute atomic E-state index is 13.0. The summed E-state index contributed by atoms with van der Waals surface area (Å²) in [7, 11) is 1.27. The van der Waals surface area contributed by atoms with E-state index in [4.69, 9.17) is 4.42 Å². The molecule has 2 heterocycles. The first kappa shape index (κ1) is 15.5. The highest BCUT2D eigenvalue weighted by Crippen LogP contribution is 2.28. The highest BCUT2D eigenvalue weighted by molar-refractivity contribution is 14.1. The van der Waals surface area contributed by atoms with Crippen LogP contribution in [0.3, 0.4) is 0 Å². The van der Waals surface area contributed by atoms with Crippen molar-refractivity contribution in [2.24, 2.45) is 0 Å². The number of hydrogen-bond donors (Lipinski definition) is 0. The maximum Gasteiger partial charge on any atom is 0.358 e. The van der Waals surface area contributed by atoms with E-state index in [2.05, 4.69) is 19.7 Å². The fourth-order valence-electron chi connectivity index (χ4n) is 1.84. The van der Waals surface area contributed by atoms with Gasteiger partial charge in [-0.1, -0.05) is 0 Å². The topological polar surface area (TPSA) is 78.1 Å². The van der Waals surface area contributed by atoms with Gasteiger partial charge in [0.1, 0.15) is 17.2 Å². The van der Waals surface area contributed by atoms with Gasteiger partial charge in [0.2, 0.25) is 5.89 Å². The number of carbonyl (C=O) groups excluding carboxylic acids is 1. The predicted octanol–water partition coefficient (Wildman–Crippen LogP) is 3.33. The van der Waals surface area contributed by atoms with Crippen LogP contribution in [-0.2, 0) is 4.74 Å². The monoisotopic (exact) mass is 425 g/mol. The quantitative estimate of drug-likeness (QED) is 0.474. The summed E-state index contributed by atoms with van der Waals surface area (Å²) in [6, 6.07) is 5.81. The Morgan fingerprint density at radius 1 is 1.22 bits per heavy atom. The number of aromatic nitrogens is 3. The smallest absolute Gasteiger partial charge is 0.358 e. The molecule has 0 saturated carbocycles. The summed E-state index contributed by atoms with van der Waals surface area (Å²) in [4.78, 5) is 23.9. The highest BCUT2D eigenvalue weighted by atomic mass is 127. The second kappa shape index (κ2) is 6.41. The second-order valence-corrected chi connectivity index (χ2v) is 5.41. The largest absolute Gasteiger partial charge is 0.464 e. The van der Waals surface area contributed by atoms with E-state index >= 15 is 0 Å². The zero-order valence-electron chi connectivity index (χ0n) is 11.8. The van der Waals surface area contributed by atoms with Gasteiger partial charge in [0, 0.05) is 28.2 Å². The lowest BCUT2D eigenvalue weighted by molar-refractivity contribution is 0.0593. The molecule has 23 heavy (non-hydrogen) atoms. The molecule has 0 unspecified atom stereocenters. The van der Waals surface area contributed by atoms with Crippen molar-refractivity contribution < 1.29 is 18.3 Å². The van der Waals surface area contributed by atoms with Crippen molar-refractivity contribution in [2.45, 2.75) is 0 Å². The third-order valence-electron chi connectivity index (χ3n) is 2.97. The zero-order valence-corrected chi connectivity index (χ0v) is 13.9. The van der Waals surface area contributed by atoms with Gasteiger partial charge in [0.15, 0.2) is 9.46 Å². The Kier molecular flexibility index (Phi) is 4.33. The van der Waals surface area contributed by atoms with Gasteiger partial charge in [-0.25, -0.2) is 19.2 Å². The molecule has 0 saturated heterocycles. The van der Waals surface area contributed by atoms with Crippen LogP contribution in [0.4, 0.5) is 4.39 Å². The first-order chi connectivity index (χ1) is 11.1. The van der Waals surface area contributed by atoms with Gasteiger partial charge in [0.25, 0.3) is 0 Å². The molecular formula is C15H9FIN3O3. The highest BCUT2D eigenvalue weighted by Gasteiger charge is 2.17. The van der Waals surface area contributed by atoms with Crippen LogP contribution in [0.25, 0.3) is 22.8 Å². The van der Waals surface area contributed by atoms with Gasteiger partial charge in [-0.15, -0.1) is 0 Å². The van der Waals surface area contributed by atoms with E-state index in [-0.39, 0.29) is 11.5 Å². The molecule has 3 rings (SSSR count). The third-order valence-corrected chi connectivity index (χ3v) is 3.70. The zero-order chi connectivity index (χ0) is 16.4. The van der Waals surface area contributed by atoms with Gasteiger partial charge >= 0.3 is 5.97 Å². The Bertz CT molecular complexity index is 847.